The van der Waals surface area contributed by atoms with Crippen LogP contribution in [0.25, 0.3) is 0 Å². The Hall–Kier alpha value is -1.27. The van der Waals surface area contributed by atoms with Crippen LogP contribution in [0.2, 0.25) is 0 Å². The number of hydrazine groups is 1. The molecule has 0 spiro atoms. The van der Waals surface area contributed by atoms with Crippen molar-refractivity contribution in [3.63, 3.8) is 0 Å². The van der Waals surface area contributed by atoms with E-state index < -0.39 is 0 Å². The summed E-state index contributed by atoms with van der Waals surface area (Å²) in [6, 6.07) is 5.60. The van der Waals surface area contributed by atoms with Crippen LogP contribution in [0.4, 0.5) is 5.69 Å². The van der Waals surface area contributed by atoms with E-state index in [0.29, 0.717) is 5.96 Å². The second-order valence-electron chi connectivity index (χ2n) is 2.69. The van der Waals surface area contributed by atoms with Crippen molar-refractivity contribution < 1.29 is 4.74 Å². The predicted octanol–water partition coefficient (Wildman–Crippen LogP) is 1.32. The largest absolute Gasteiger partial charge is 0.495 e. The van der Waals surface area contributed by atoms with Crippen molar-refractivity contribution in [3.05, 3.63) is 22.7 Å². The highest BCUT2D eigenvalue weighted by atomic mass is 79.9. The fourth-order valence-corrected chi connectivity index (χ4v) is 1.44. The van der Waals surface area contributed by atoms with E-state index in [0.717, 1.165) is 15.9 Å². The number of nitrogens with two attached hydrogens (primary N) is 1. The van der Waals surface area contributed by atoms with Crippen LogP contribution in [0, 0.1) is 0 Å². The Labute approximate surface area is 96.8 Å². The Bertz CT molecular complexity index is 367. The van der Waals surface area contributed by atoms with Gasteiger partial charge in [0.15, 0.2) is 0 Å². The van der Waals surface area contributed by atoms with Gasteiger partial charge in [0.2, 0.25) is 5.96 Å². The van der Waals surface area contributed by atoms with Crippen molar-refractivity contribution in [2.75, 3.05) is 19.5 Å². The van der Waals surface area contributed by atoms with Gasteiger partial charge in [0.1, 0.15) is 5.75 Å². The molecule has 0 bridgehead atoms. The summed E-state index contributed by atoms with van der Waals surface area (Å²) in [4.78, 5) is 3.90. The van der Waals surface area contributed by atoms with Crippen molar-refractivity contribution in [3.8, 4) is 5.75 Å². The molecule has 0 fully saturated rings. The molecule has 0 aromatic heterocycles. The Balaban J connectivity index is 2.87. The highest BCUT2D eigenvalue weighted by Gasteiger charge is 2.02. The number of benzene rings is 1. The summed E-state index contributed by atoms with van der Waals surface area (Å²) >= 11 is 3.37. The van der Waals surface area contributed by atoms with Crippen molar-refractivity contribution >= 4 is 27.6 Å². The molecule has 0 unspecified atom stereocenters. The Morgan fingerprint density at radius 2 is 2.27 bits per heavy atom. The zero-order chi connectivity index (χ0) is 11.3. The molecule has 0 saturated carbocycles. The number of nitrogens with one attached hydrogen (secondary N) is 2. The fourth-order valence-electron chi connectivity index (χ4n) is 1.03. The quantitative estimate of drug-likeness (QED) is 0.329. The molecule has 0 saturated heterocycles. The van der Waals surface area contributed by atoms with Crippen molar-refractivity contribution in [2.45, 2.75) is 0 Å². The highest BCUT2D eigenvalue weighted by Crippen LogP contribution is 2.27. The van der Waals surface area contributed by atoms with Gasteiger partial charge >= 0.3 is 0 Å². The Morgan fingerprint density at radius 1 is 1.53 bits per heavy atom. The molecule has 1 aromatic rings. The molecule has 0 aliphatic heterocycles. The average Bonchev–Trinajstić information content (AvgIpc) is 2.28. The zero-order valence-electron chi connectivity index (χ0n) is 8.54. The molecule has 0 atom stereocenters. The van der Waals surface area contributed by atoms with E-state index >= 15 is 0 Å². The van der Waals surface area contributed by atoms with E-state index in [4.69, 9.17) is 10.6 Å². The van der Waals surface area contributed by atoms with E-state index in [1.807, 2.05) is 18.2 Å². The second-order valence-corrected chi connectivity index (χ2v) is 3.55. The van der Waals surface area contributed by atoms with Gasteiger partial charge in [-0.2, -0.15) is 0 Å². The number of hydrogen-bond donors (Lipinski definition) is 3. The molecular formula is C9H13BrN4O. The number of methoxy groups -OCH3 is 1. The van der Waals surface area contributed by atoms with Gasteiger partial charge in [-0.25, -0.2) is 5.84 Å². The van der Waals surface area contributed by atoms with Gasteiger partial charge < -0.3 is 10.1 Å². The maximum atomic E-state index is 5.25. The lowest BCUT2D eigenvalue weighted by Crippen LogP contribution is -2.36. The van der Waals surface area contributed by atoms with E-state index in [9.17, 15) is 0 Å². The third-order valence-electron chi connectivity index (χ3n) is 1.77. The molecule has 5 nitrogen and oxygen atoms in total. The average molecular weight is 273 g/mol. The number of nitrogens with zero attached hydrogens (tertiary/aromatic N) is 1. The van der Waals surface area contributed by atoms with Crippen LogP contribution in [0.3, 0.4) is 0 Å². The molecular weight excluding hydrogens is 260 g/mol. The summed E-state index contributed by atoms with van der Waals surface area (Å²) in [5.41, 5.74) is 3.28. The zero-order valence-corrected chi connectivity index (χ0v) is 10.1. The van der Waals surface area contributed by atoms with E-state index in [1.54, 1.807) is 14.2 Å². The van der Waals surface area contributed by atoms with Crippen molar-refractivity contribution in [2.24, 2.45) is 10.8 Å². The fraction of sp³-hybridized carbons (Fsp3) is 0.222. The highest BCUT2D eigenvalue weighted by molar-refractivity contribution is 9.10. The molecule has 0 amide bonds. The van der Waals surface area contributed by atoms with Gasteiger partial charge in [-0.1, -0.05) is 0 Å². The van der Waals surface area contributed by atoms with Crippen LogP contribution in [-0.4, -0.2) is 20.1 Å². The third kappa shape index (κ3) is 3.10. The first-order valence-electron chi connectivity index (χ1n) is 4.25. The van der Waals surface area contributed by atoms with Crippen LogP contribution in [0.5, 0.6) is 5.75 Å². The summed E-state index contributed by atoms with van der Waals surface area (Å²) in [7, 11) is 3.25. The number of guanidine groups is 1. The smallest absolute Gasteiger partial charge is 0.209 e. The third-order valence-corrected chi connectivity index (χ3v) is 2.43. The molecule has 15 heavy (non-hydrogen) atoms. The van der Waals surface area contributed by atoms with Crippen LogP contribution >= 0.6 is 15.9 Å². The van der Waals surface area contributed by atoms with Crippen LogP contribution < -0.4 is 21.3 Å². The summed E-state index contributed by atoms with van der Waals surface area (Å²) in [5.74, 6) is 6.48. The number of aliphatic imine (C=N–C) groups is 1. The first-order chi connectivity index (χ1) is 7.21. The molecule has 0 aliphatic carbocycles. The normalized spacial score (nSPS) is 11.1. The van der Waals surface area contributed by atoms with E-state index in [2.05, 4.69) is 31.7 Å². The lowest BCUT2D eigenvalue weighted by Gasteiger charge is -2.10. The minimum atomic E-state index is 0.486. The number of anilines is 1. The molecule has 6 heteroatoms. The Morgan fingerprint density at radius 3 is 2.80 bits per heavy atom. The first kappa shape index (κ1) is 11.8. The molecule has 0 radical (unpaired) electrons. The van der Waals surface area contributed by atoms with Gasteiger partial charge in [0.25, 0.3) is 0 Å². The monoisotopic (exact) mass is 272 g/mol. The first-order valence-corrected chi connectivity index (χ1v) is 5.04. The number of hydrogen-bond acceptors (Lipinski definition) is 3. The van der Waals surface area contributed by atoms with Crippen molar-refractivity contribution in [1.29, 1.82) is 0 Å². The van der Waals surface area contributed by atoms with Gasteiger partial charge in [-0.15, -0.1) is 0 Å². The van der Waals surface area contributed by atoms with E-state index in [1.165, 1.54) is 0 Å². The maximum absolute atomic E-state index is 5.25. The molecule has 4 N–H and O–H groups in total. The van der Waals surface area contributed by atoms with Gasteiger partial charge in [-0.3, -0.25) is 10.4 Å². The summed E-state index contributed by atoms with van der Waals surface area (Å²) in [6.07, 6.45) is 0. The summed E-state index contributed by atoms with van der Waals surface area (Å²) < 4.78 is 6.05. The van der Waals surface area contributed by atoms with E-state index in [-0.39, 0.29) is 0 Å². The number of ether oxygens (including phenoxy) is 1. The summed E-state index contributed by atoms with van der Waals surface area (Å²) in [6.45, 7) is 0. The van der Waals surface area contributed by atoms with Crippen molar-refractivity contribution in [1.82, 2.24) is 5.43 Å². The minimum Gasteiger partial charge on any atom is -0.495 e. The van der Waals surface area contributed by atoms with Crippen LogP contribution in [0.15, 0.2) is 27.7 Å². The molecule has 1 aromatic carbocycles. The van der Waals surface area contributed by atoms with Gasteiger partial charge in [0.05, 0.1) is 11.6 Å². The SMILES string of the molecule is CN=C(NN)Nc1ccc(Br)c(OC)c1. The molecule has 0 heterocycles. The number of rotatable bonds is 2. The minimum absolute atomic E-state index is 0.486. The standard InChI is InChI=1S/C9H13BrN4O/c1-12-9(14-11)13-6-3-4-7(10)8(5-6)15-2/h3-5H,11H2,1-2H3,(H2,12,13,14). The Kier molecular flexibility index (Phi) is 4.38. The van der Waals surface area contributed by atoms with Gasteiger partial charge in [-0.05, 0) is 28.1 Å². The summed E-state index contributed by atoms with van der Waals surface area (Å²) in [5, 5.41) is 2.99. The van der Waals surface area contributed by atoms with Crippen LogP contribution in [0.1, 0.15) is 0 Å². The lowest BCUT2D eigenvalue weighted by atomic mass is 10.3. The topological polar surface area (TPSA) is 71.7 Å². The van der Waals surface area contributed by atoms with Crippen LogP contribution in [-0.2, 0) is 0 Å². The second kappa shape index (κ2) is 5.57. The van der Waals surface area contributed by atoms with Gasteiger partial charge in [0, 0.05) is 18.8 Å². The number of halogens is 1. The molecule has 82 valence electrons. The molecule has 0 aliphatic rings. The predicted molar refractivity (Wildman–Crippen MR) is 65.0 cm³/mol. The lowest BCUT2D eigenvalue weighted by molar-refractivity contribution is 0.412. The maximum Gasteiger partial charge on any atom is 0.209 e. The molecule has 1 rings (SSSR count).